The number of aromatic nitrogens is 1. The van der Waals surface area contributed by atoms with Crippen LogP contribution in [0.5, 0.6) is 0 Å². The zero-order valence-electron chi connectivity index (χ0n) is 10.1. The molecule has 17 heavy (non-hydrogen) atoms. The first-order valence-electron chi connectivity index (χ1n) is 5.95. The quantitative estimate of drug-likeness (QED) is 0.701. The summed E-state index contributed by atoms with van der Waals surface area (Å²) in [6.07, 6.45) is 2.64. The monoisotopic (exact) mass is 231 g/mol. The van der Waals surface area contributed by atoms with Crippen LogP contribution in [-0.4, -0.2) is 31.8 Å². The van der Waals surface area contributed by atoms with Gasteiger partial charge in [-0.2, -0.15) is 5.26 Å². The molecule has 1 aromatic rings. The molecular weight excluding hydrogens is 214 g/mol. The van der Waals surface area contributed by atoms with Crippen molar-refractivity contribution < 1.29 is 4.74 Å². The van der Waals surface area contributed by atoms with Crippen molar-refractivity contribution in [3.05, 3.63) is 23.9 Å². The van der Waals surface area contributed by atoms with E-state index in [0.29, 0.717) is 12.3 Å². The summed E-state index contributed by atoms with van der Waals surface area (Å²) in [6.45, 7) is 2.40. The Kier molecular flexibility index (Phi) is 3.94. The lowest BCUT2D eigenvalue weighted by Gasteiger charge is -2.17. The van der Waals surface area contributed by atoms with Crippen LogP contribution in [0.4, 0.5) is 5.82 Å². The molecule has 1 aliphatic rings. The van der Waals surface area contributed by atoms with E-state index in [2.05, 4.69) is 4.98 Å². The van der Waals surface area contributed by atoms with Crippen LogP contribution in [0, 0.1) is 17.2 Å². The fourth-order valence-electron chi connectivity index (χ4n) is 1.55. The van der Waals surface area contributed by atoms with Crippen molar-refractivity contribution in [3.63, 3.8) is 0 Å². The molecule has 1 aromatic heterocycles. The summed E-state index contributed by atoms with van der Waals surface area (Å²) in [5.74, 6) is 1.62. The molecule has 1 saturated carbocycles. The van der Waals surface area contributed by atoms with Gasteiger partial charge in [-0.3, -0.25) is 0 Å². The maximum atomic E-state index is 8.77. The Balaban J connectivity index is 1.77. The average Bonchev–Trinajstić information content (AvgIpc) is 3.18. The van der Waals surface area contributed by atoms with Gasteiger partial charge in [-0.15, -0.1) is 0 Å². The number of pyridine rings is 1. The summed E-state index contributed by atoms with van der Waals surface area (Å²) in [7, 11) is 1.96. The lowest BCUT2D eigenvalue weighted by molar-refractivity contribution is 0.131. The second-order valence-electron chi connectivity index (χ2n) is 4.43. The van der Waals surface area contributed by atoms with Crippen LogP contribution in [0.15, 0.2) is 18.2 Å². The highest BCUT2D eigenvalue weighted by Gasteiger charge is 2.20. The normalized spacial score (nSPS) is 14.4. The standard InChI is InChI=1S/C13H17N3O/c1-16(7-8-17-10-11-5-6-11)13-4-2-3-12(9-14)15-13/h2-4,11H,5-8,10H2,1H3. The van der Waals surface area contributed by atoms with E-state index in [0.717, 1.165) is 24.9 Å². The van der Waals surface area contributed by atoms with Crippen molar-refractivity contribution in [2.24, 2.45) is 5.92 Å². The molecule has 1 aliphatic carbocycles. The molecule has 0 unspecified atom stereocenters. The van der Waals surface area contributed by atoms with Gasteiger partial charge in [0.15, 0.2) is 0 Å². The van der Waals surface area contributed by atoms with Crippen LogP contribution in [0.1, 0.15) is 18.5 Å². The van der Waals surface area contributed by atoms with Gasteiger partial charge in [0, 0.05) is 20.2 Å². The molecule has 0 amide bonds. The fraction of sp³-hybridized carbons (Fsp3) is 0.538. The molecule has 4 heteroatoms. The summed E-state index contributed by atoms with van der Waals surface area (Å²) in [6, 6.07) is 7.51. The molecule has 0 saturated heterocycles. The maximum Gasteiger partial charge on any atom is 0.142 e. The highest BCUT2D eigenvalue weighted by molar-refractivity contribution is 5.40. The highest BCUT2D eigenvalue weighted by atomic mass is 16.5. The first-order chi connectivity index (χ1) is 8.29. The van der Waals surface area contributed by atoms with Crippen molar-refractivity contribution >= 4 is 5.82 Å². The van der Waals surface area contributed by atoms with Gasteiger partial charge >= 0.3 is 0 Å². The minimum atomic E-state index is 0.452. The Hall–Kier alpha value is -1.60. The van der Waals surface area contributed by atoms with Crippen molar-refractivity contribution in [2.75, 3.05) is 31.7 Å². The van der Waals surface area contributed by atoms with Gasteiger partial charge in [0.1, 0.15) is 17.6 Å². The minimum Gasteiger partial charge on any atom is -0.379 e. The average molecular weight is 231 g/mol. The summed E-state index contributed by atoms with van der Waals surface area (Å²) in [5, 5.41) is 8.77. The molecule has 2 rings (SSSR count). The second kappa shape index (κ2) is 5.65. The van der Waals surface area contributed by atoms with Gasteiger partial charge in [-0.1, -0.05) is 6.07 Å². The van der Waals surface area contributed by atoms with Crippen molar-refractivity contribution in [3.8, 4) is 6.07 Å². The van der Waals surface area contributed by atoms with E-state index in [1.807, 2.05) is 30.1 Å². The topological polar surface area (TPSA) is 49.1 Å². The predicted molar refractivity (Wildman–Crippen MR) is 65.8 cm³/mol. The highest BCUT2D eigenvalue weighted by Crippen LogP contribution is 2.28. The zero-order chi connectivity index (χ0) is 12.1. The molecule has 4 nitrogen and oxygen atoms in total. The van der Waals surface area contributed by atoms with Crippen LogP contribution >= 0.6 is 0 Å². The summed E-state index contributed by atoms with van der Waals surface area (Å²) < 4.78 is 5.57. The minimum absolute atomic E-state index is 0.452. The first-order valence-corrected chi connectivity index (χ1v) is 5.95. The summed E-state index contributed by atoms with van der Waals surface area (Å²) in [5.41, 5.74) is 0.452. The zero-order valence-corrected chi connectivity index (χ0v) is 10.1. The van der Waals surface area contributed by atoms with Crippen LogP contribution in [0.25, 0.3) is 0 Å². The van der Waals surface area contributed by atoms with E-state index in [-0.39, 0.29) is 0 Å². The van der Waals surface area contributed by atoms with Crippen molar-refractivity contribution in [1.82, 2.24) is 4.98 Å². The first kappa shape index (κ1) is 11.9. The Bertz CT molecular complexity index is 409. The molecule has 0 aromatic carbocycles. The number of hydrogen-bond donors (Lipinski definition) is 0. The Morgan fingerprint density at radius 1 is 1.53 bits per heavy atom. The van der Waals surface area contributed by atoms with Gasteiger partial charge < -0.3 is 9.64 Å². The Morgan fingerprint density at radius 3 is 3.06 bits per heavy atom. The molecule has 1 heterocycles. The van der Waals surface area contributed by atoms with Crippen LogP contribution in [-0.2, 0) is 4.74 Å². The number of rotatable bonds is 6. The fourth-order valence-corrected chi connectivity index (χ4v) is 1.55. The molecule has 0 N–H and O–H groups in total. The number of hydrogen-bond acceptors (Lipinski definition) is 4. The van der Waals surface area contributed by atoms with Crippen LogP contribution < -0.4 is 4.90 Å². The molecular formula is C13H17N3O. The lowest BCUT2D eigenvalue weighted by Crippen LogP contribution is -2.24. The number of nitriles is 1. The third-order valence-corrected chi connectivity index (χ3v) is 2.86. The van der Waals surface area contributed by atoms with E-state index in [9.17, 15) is 0 Å². The third kappa shape index (κ3) is 3.72. The number of anilines is 1. The molecule has 0 radical (unpaired) electrons. The largest absolute Gasteiger partial charge is 0.379 e. The van der Waals surface area contributed by atoms with Gasteiger partial charge in [-0.05, 0) is 30.9 Å². The number of nitrogens with zero attached hydrogens (tertiary/aromatic N) is 3. The van der Waals surface area contributed by atoms with E-state index in [1.54, 1.807) is 6.07 Å². The van der Waals surface area contributed by atoms with Gasteiger partial charge in [-0.25, -0.2) is 4.98 Å². The van der Waals surface area contributed by atoms with Crippen LogP contribution in [0.2, 0.25) is 0 Å². The molecule has 0 spiro atoms. The predicted octanol–water partition coefficient (Wildman–Crippen LogP) is 1.82. The lowest BCUT2D eigenvalue weighted by atomic mass is 10.3. The second-order valence-corrected chi connectivity index (χ2v) is 4.43. The molecule has 0 bridgehead atoms. The van der Waals surface area contributed by atoms with Crippen molar-refractivity contribution in [1.29, 1.82) is 5.26 Å². The van der Waals surface area contributed by atoms with E-state index >= 15 is 0 Å². The number of likely N-dealkylation sites (N-methyl/N-ethyl adjacent to an activating group) is 1. The van der Waals surface area contributed by atoms with E-state index in [4.69, 9.17) is 10.00 Å². The van der Waals surface area contributed by atoms with E-state index in [1.165, 1.54) is 12.8 Å². The Morgan fingerprint density at radius 2 is 2.35 bits per heavy atom. The maximum absolute atomic E-state index is 8.77. The SMILES string of the molecule is CN(CCOCC1CC1)c1cccc(C#N)n1. The smallest absolute Gasteiger partial charge is 0.142 e. The molecule has 0 aliphatic heterocycles. The van der Waals surface area contributed by atoms with Gasteiger partial charge in [0.05, 0.1) is 6.61 Å². The molecule has 0 atom stereocenters. The molecule has 90 valence electrons. The summed E-state index contributed by atoms with van der Waals surface area (Å²) >= 11 is 0. The molecule has 1 fully saturated rings. The van der Waals surface area contributed by atoms with E-state index < -0.39 is 0 Å². The third-order valence-electron chi connectivity index (χ3n) is 2.86. The Labute approximate surface area is 102 Å². The number of ether oxygens (including phenoxy) is 1. The van der Waals surface area contributed by atoms with Crippen LogP contribution in [0.3, 0.4) is 0 Å². The summed E-state index contributed by atoms with van der Waals surface area (Å²) in [4.78, 5) is 6.23. The van der Waals surface area contributed by atoms with Gasteiger partial charge in [0.25, 0.3) is 0 Å². The van der Waals surface area contributed by atoms with Crippen molar-refractivity contribution in [2.45, 2.75) is 12.8 Å². The van der Waals surface area contributed by atoms with Gasteiger partial charge in [0.2, 0.25) is 0 Å².